The minimum atomic E-state index is -0.330. The van der Waals surface area contributed by atoms with Crippen LogP contribution in [0.4, 0.5) is 0 Å². The van der Waals surface area contributed by atoms with E-state index in [2.05, 4.69) is 91.1 Å². The van der Waals surface area contributed by atoms with Gasteiger partial charge in [-0.1, -0.05) is 42.8 Å². The first-order valence-electron chi connectivity index (χ1n) is 39.5. The summed E-state index contributed by atoms with van der Waals surface area (Å²) in [5, 5.41) is 31.9. The van der Waals surface area contributed by atoms with Crippen molar-refractivity contribution in [1.29, 1.82) is 0 Å². The summed E-state index contributed by atoms with van der Waals surface area (Å²) in [6.07, 6.45) is 26.6. The van der Waals surface area contributed by atoms with E-state index in [1.54, 1.807) is 86.2 Å². The van der Waals surface area contributed by atoms with Crippen molar-refractivity contribution in [2.75, 3.05) is 26.9 Å². The van der Waals surface area contributed by atoms with Gasteiger partial charge >= 0.3 is 0 Å². The molecule has 33 heteroatoms. The summed E-state index contributed by atoms with van der Waals surface area (Å²) in [6, 6.07) is 35.8. The van der Waals surface area contributed by atoms with Gasteiger partial charge in [-0.05, 0) is 158 Å². The second-order valence-electron chi connectivity index (χ2n) is 27.2. The number of aldehydes is 5. The van der Waals surface area contributed by atoms with Crippen molar-refractivity contribution in [3.8, 4) is 85.9 Å². The summed E-state index contributed by atoms with van der Waals surface area (Å²) in [7, 11) is 1.37. The highest BCUT2D eigenvalue weighted by Gasteiger charge is 2.24. The van der Waals surface area contributed by atoms with E-state index in [1.165, 1.54) is 25.7 Å². The van der Waals surface area contributed by atoms with Crippen LogP contribution in [0.3, 0.4) is 0 Å². The molecule has 15 heterocycles. The highest BCUT2D eigenvalue weighted by Crippen LogP contribution is 2.36. The predicted octanol–water partition coefficient (Wildman–Crippen LogP) is 15.3. The maximum atomic E-state index is 11.4. The summed E-state index contributed by atoms with van der Waals surface area (Å²) >= 11 is 5.97. The number of ether oxygens (including phenoxy) is 7. The number of nitrogens with zero attached hydrogens (tertiary/aromatic N) is 19. The highest BCUT2D eigenvalue weighted by atomic mass is 35.5. The number of methoxy groups -OCH3 is 1. The van der Waals surface area contributed by atoms with Gasteiger partial charge in [0.2, 0.25) is 0 Å². The second-order valence-corrected chi connectivity index (χ2v) is 27.6. The van der Waals surface area contributed by atoms with E-state index in [4.69, 9.17) is 44.8 Å². The summed E-state index contributed by atoms with van der Waals surface area (Å²) < 4.78 is 49.1. The summed E-state index contributed by atoms with van der Waals surface area (Å²) in [6.45, 7) is 21.6. The molecule has 0 amide bonds. The number of rotatable bonds is 32. The summed E-state index contributed by atoms with van der Waals surface area (Å²) in [4.78, 5) is 94.1. The molecule has 0 spiro atoms. The molecule has 0 aromatic carbocycles. The van der Waals surface area contributed by atoms with Gasteiger partial charge in [-0.2, -0.15) is 25.5 Å². The number of aromatic nitrogens is 19. The van der Waals surface area contributed by atoms with E-state index in [-0.39, 0.29) is 58.5 Å². The molecule has 1 aliphatic heterocycles. The van der Waals surface area contributed by atoms with Crippen molar-refractivity contribution in [3.05, 3.63) is 274 Å². The van der Waals surface area contributed by atoms with Crippen molar-refractivity contribution >= 4 is 48.6 Å². The molecule has 0 saturated heterocycles. The number of hydrogen-bond acceptors (Lipinski definition) is 27. The van der Waals surface area contributed by atoms with Crippen LogP contribution in [0.25, 0.3) is 51.1 Å². The number of pyridine rings is 9. The van der Waals surface area contributed by atoms with Crippen molar-refractivity contribution in [3.63, 3.8) is 0 Å². The normalized spacial score (nSPS) is 11.4. The lowest BCUT2D eigenvalue weighted by molar-refractivity contribution is 0.110. The molecule has 0 bridgehead atoms. The monoisotopic (exact) mass is 1680 g/mol. The van der Waals surface area contributed by atoms with Crippen molar-refractivity contribution < 1.29 is 62.2 Å². The number of carbonyl (C=O) groups excluding carboxylic acids is 5. The number of aromatic hydroxyl groups is 1. The Balaban J connectivity index is 0.000000150. The Morgan fingerprint density at radius 3 is 1.31 bits per heavy atom. The Morgan fingerprint density at radius 1 is 0.447 bits per heavy atom. The van der Waals surface area contributed by atoms with E-state index >= 15 is 0 Å². The van der Waals surface area contributed by atoms with E-state index in [0.29, 0.717) is 105 Å². The van der Waals surface area contributed by atoms with Crippen LogP contribution in [-0.4, -0.2) is 157 Å². The minimum Gasteiger partial charge on any atom is -0.503 e. The number of hydrogen-bond donors (Lipinski definition) is 1. The van der Waals surface area contributed by atoms with Crippen LogP contribution in [0.15, 0.2) is 201 Å². The molecule has 0 fully saturated rings. The molecule has 0 atom stereocenters. The van der Waals surface area contributed by atoms with Crippen LogP contribution in [0.1, 0.15) is 152 Å². The number of carbonyl (C=O) groups is 5. The van der Waals surface area contributed by atoms with Crippen LogP contribution in [0, 0.1) is 13.8 Å². The van der Waals surface area contributed by atoms with Gasteiger partial charge in [0.25, 0.3) is 5.88 Å². The van der Waals surface area contributed by atoms with Gasteiger partial charge in [-0.25, -0.2) is 19.9 Å². The maximum Gasteiger partial charge on any atom is 0.257 e. The van der Waals surface area contributed by atoms with Gasteiger partial charge in [-0.15, -0.1) is 0 Å². The van der Waals surface area contributed by atoms with Gasteiger partial charge in [0.05, 0.1) is 94.5 Å². The van der Waals surface area contributed by atoms with Gasteiger partial charge in [0.15, 0.2) is 42.9 Å². The van der Waals surface area contributed by atoms with E-state index in [9.17, 15) is 29.1 Å². The summed E-state index contributed by atoms with van der Waals surface area (Å²) in [5.74, 6) is 1.60. The average Bonchev–Trinajstić information content (AvgIpc) is 1.79. The Hall–Kier alpha value is -14.7. The quantitative estimate of drug-likeness (QED) is 0.0383. The maximum absolute atomic E-state index is 11.4. The molecule has 0 aliphatic carbocycles. The lowest BCUT2D eigenvalue weighted by Gasteiger charge is -2.23. The molecule has 32 nitrogen and oxygen atoms in total. The Labute approximate surface area is 714 Å². The van der Waals surface area contributed by atoms with Gasteiger partial charge in [-0.3, -0.25) is 72.3 Å². The van der Waals surface area contributed by atoms with Crippen LogP contribution in [-0.2, 0) is 57.3 Å². The minimum absolute atomic E-state index is 0.0169. The molecule has 0 radical (unpaired) electrons. The Bertz CT molecular complexity index is 5920. The molecule has 1 N–H and O–H groups in total. The molecule has 1 aliphatic rings. The zero-order valence-electron chi connectivity index (χ0n) is 69.4. The predicted molar refractivity (Wildman–Crippen MR) is 458 cm³/mol. The molecule has 632 valence electrons. The van der Waals surface area contributed by atoms with Crippen LogP contribution in [0.2, 0.25) is 5.02 Å². The highest BCUT2D eigenvalue weighted by molar-refractivity contribution is 6.33. The molecular weight excluding hydrogens is 1590 g/mol. The number of halogens is 1. The van der Waals surface area contributed by atoms with E-state index < -0.39 is 0 Å². The van der Waals surface area contributed by atoms with E-state index in [0.717, 1.165) is 129 Å². The molecule has 14 aromatic rings. The average molecular weight is 1680 g/mol. The molecule has 14 aromatic heterocycles. The van der Waals surface area contributed by atoms with Gasteiger partial charge in [0.1, 0.15) is 78.7 Å². The molecule has 0 unspecified atom stereocenters. The van der Waals surface area contributed by atoms with Crippen LogP contribution >= 0.6 is 11.6 Å². The molecular formula is C90H92ClN19O13. The SMILES string of the molecule is CCCn1nccc1-c1ncccc1COc1ccc(C)nc1C=O.CCn1nccc1-c1ncccc1COc1ccc(C)nc1C=O.CCn1nccc1-c1ncccc1COc1cccnc1C=O.CCn1nccc1-c1ncccc1COc1cncc(Cl)c1C=O.COc1ncc(OCC2=C(c3ccnn3C(C)C)COCC2)c(C=O)c1O. The van der Waals surface area contributed by atoms with Crippen LogP contribution < -0.4 is 28.4 Å². The van der Waals surface area contributed by atoms with Gasteiger partial charge < -0.3 is 38.3 Å². The lowest BCUT2D eigenvalue weighted by atomic mass is 10.0. The van der Waals surface area contributed by atoms with Crippen molar-refractivity contribution in [2.45, 2.75) is 127 Å². The fourth-order valence-electron chi connectivity index (χ4n) is 12.9. The molecule has 15 rings (SSSR count). The topological polar surface area (TPSA) is 375 Å². The first kappa shape index (κ1) is 89.1. The lowest BCUT2D eigenvalue weighted by Crippen LogP contribution is -2.18. The van der Waals surface area contributed by atoms with E-state index in [1.807, 2.05) is 149 Å². The van der Waals surface area contributed by atoms with Crippen molar-refractivity contribution in [1.82, 2.24) is 93.8 Å². The fraction of sp³-hybridized carbons (Fsp3) is 0.256. The first-order valence-corrected chi connectivity index (χ1v) is 39.8. The smallest absolute Gasteiger partial charge is 0.257 e. The summed E-state index contributed by atoms with van der Waals surface area (Å²) in [5.41, 5.74) is 16.5. The third kappa shape index (κ3) is 22.8. The molecule has 123 heavy (non-hydrogen) atoms. The fourth-order valence-corrected chi connectivity index (χ4v) is 13.1. The Morgan fingerprint density at radius 2 is 0.862 bits per heavy atom. The zero-order valence-corrected chi connectivity index (χ0v) is 70.1. The van der Waals surface area contributed by atoms with Crippen molar-refractivity contribution in [2.24, 2.45) is 0 Å². The zero-order chi connectivity index (χ0) is 87.0. The number of aryl methyl sites for hydroxylation is 6. The standard InChI is InChI=1S/C19H20N4O2.C19H23N3O5.C18H18N4O2.C17H15ClN4O2.C17H16N4O2/c1-3-11-23-17(8-10-21-23)19-15(5-4-9-20-19)13-25-18-7-6-14(2)22-16(18)12-24;1-12(2)22-16(4-6-21-22)15-11-26-7-5-13(15)10-27-17-8-20-19(25-3)18(24)14(17)9-23;1-3-22-16(8-10-20-22)18-14(5-4-9-19-18)12-24-17-7-6-13(2)21-15(17)11-23;1-2-22-15(5-7-21-22)17-12(4-3-6-20-17)11-24-16-9-19-8-14(18)13(16)10-23;1-2-21-15(7-10-20-21)17-13(5-3-9-19-17)12-23-16-6-4-8-18-14(16)11-22/h4-10,12H,3,11,13H2,1-2H3;4,6,8-9,12,24H,5,7,10-11H2,1-3H3;4-11H,3,12H2,1-2H3;3-10H,2,11H2,1H3;3-11H,2,12H2,1H3. The second kappa shape index (κ2) is 44.9. The third-order valence-corrected chi connectivity index (χ3v) is 19.2. The van der Waals surface area contributed by atoms with Gasteiger partial charge in [0, 0.05) is 140 Å². The third-order valence-electron chi connectivity index (χ3n) is 18.9. The largest absolute Gasteiger partial charge is 0.503 e. The Kier molecular flexibility index (Phi) is 32.6. The first-order chi connectivity index (χ1) is 60.1. The van der Waals surface area contributed by atoms with Crippen LogP contribution in [0.5, 0.6) is 40.4 Å². The molecule has 0 saturated carbocycles.